The van der Waals surface area contributed by atoms with Crippen LogP contribution in [0.15, 0.2) is 28.8 Å². The molecule has 0 aliphatic carbocycles. The zero-order valence-electron chi connectivity index (χ0n) is 13.7. The van der Waals surface area contributed by atoms with Gasteiger partial charge in [-0.25, -0.2) is 0 Å². The van der Waals surface area contributed by atoms with Crippen LogP contribution in [0.4, 0.5) is 13.2 Å². The summed E-state index contributed by atoms with van der Waals surface area (Å²) in [6, 6.07) is 5.13. The van der Waals surface area contributed by atoms with Gasteiger partial charge in [0, 0.05) is 19.6 Å². The fourth-order valence-electron chi connectivity index (χ4n) is 3.10. The van der Waals surface area contributed by atoms with E-state index in [0.29, 0.717) is 23.8 Å². The number of alkyl halides is 3. The molecule has 2 heterocycles. The predicted molar refractivity (Wildman–Crippen MR) is 83.6 cm³/mol. The van der Waals surface area contributed by atoms with Crippen molar-refractivity contribution in [2.24, 2.45) is 5.92 Å². The molecule has 1 aliphatic rings. The molecule has 8 heteroatoms. The zero-order chi connectivity index (χ0) is 17.9. The van der Waals surface area contributed by atoms with Crippen molar-refractivity contribution in [3.8, 4) is 0 Å². The molecule has 2 aromatic rings. The molecule has 1 unspecified atom stereocenters. The maximum Gasteiger partial charge on any atom is 0.416 e. The number of aliphatic hydroxyl groups excluding tert-OH is 1. The van der Waals surface area contributed by atoms with Gasteiger partial charge in [0.25, 0.3) is 0 Å². The Bertz CT molecular complexity index is 702. The van der Waals surface area contributed by atoms with E-state index < -0.39 is 11.7 Å². The molecule has 1 aliphatic heterocycles. The number of likely N-dealkylation sites (tertiary alicyclic amines) is 1. The summed E-state index contributed by atoms with van der Waals surface area (Å²) in [5.74, 6) is 1.08. The van der Waals surface area contributed by atoms with E-state index >= 15 is 0 Å². The predicted octanol–water partition coefficient (Wildman–Crippen LogP) is 2.88. The topological polar surface area (TPSA) is 62.4 Å². The van der Waals surface area contributed by atoms with Gasteiger partial charge in [0.05, 0.1) is 12.1 Å². The molecular formula is C17H20F3N3O2. The summed E-state index contributed by atoms with van der Waals surface area (Å²) in [7, 11) is 0. The Morgan fingerprint density at radius 3 is 2.92 bits per heavy atom. The van der Waals surface area contributed by atoms with Crippen molar-refractivity contribution in [3.05, 3.63) is 47.1 Å². The van der Waals surface area contributed by atoms with E-state index in [1.807, 2.05) is 0 Å². The molecule has 1 N–H and O–H groups in total. The first-order valence-electron chi connectivity index (χ1n) is 8.25. The van der Waals surface area contributed by atoms with Crippen LogP contribution in [0, 0.1) is 5.92 Å². The van der Waals surface area contributed by atoms with Crippen LogP contribution in [-0.4, -0.2) is 39.8 Å². The largest absolute Gasteiger partial charge is 0.416 e. The first-order chi connectivity index (χ1) is 11.9. The smallest absolute Gasteiger partial charge is 0.396 e. The zero-order valence-corrected chi connectivity index (χ0v) is 13.7. The normalized spacial score (nSPS) is 19.3. The number of aromatic nitrogens is 2. The molecule has 25 heavy (non-hydrogen) atoms. The highest BCUT2D eigenvalue weighted by Gasteiger charge is 2.30. The lowest BCUT2D eigenvalue weighted by molar-refractivity contribution is -0.137. The molecule has 0 amide bonds. The van der Waals surface area contributed by atoms with E-state index in [1.54, 1.807) is 6.07 Å². The van der Waals surface area contributed by atoms with Crippen molar-refractivity contribution in [2.45, 2.75) is 32.0 Å². The van der Waals surface area contributed by atoms with Crippen molar-refractivity contribution >= 4 is 0 Å². The summed E-state index contributed by atoms with van der Waals surface area (Å²) in [5, 5.41) is 13.1. The van der Waals surface area contributed by atoms with Gasteiger partial charge in [-0.1, -0.05) is 23.4 Å². The van der Waals surface area contributed by atoms with E-state index in [1.165, 1.54) is 6.07 Å². The summed E-state index contributed by atoms with van der Waals surface area (Å²) < 4.78 is 43.5. The Kier molecular flexibility index (Phi) is 5.39. The van der Waals surface area contributed by atoms with Gasteiger partial charge in [-0.05, 0) is 36.9 Å². The number of halogens is 3. The van der Waals surface area contributed by atoms with Crippen LogP contribution < -0.4 is 0 Å². The Balaban J connectivity index is 1.62. The van der Waals surface area contributed by atoms with E-state index in [-0.39, 0.29) is 18.9 Å². The molecule has 0 saturated carbocycles. The van der Waals surface area contributed by atoms with Gasteiger partial charge in [0.1, 0.15) is 0 Å². The number of hydrogen-bond donors (Lipinski definition) is 1. The molecular weight excluding hydrogens is 335 g/mol. The van der Waals surface area contributed by atoms with Gasteiger partial charge in [-0.2, -0.15) is 18.2 Å². The molecule has 1 atom stereocenters. The summed E-state index contributed by atoms with van der Waals surface area (Å²) in [5.41, 5.74) is -0.197. The summed E-state index contributed by atoms with van der Waals surface area (Å²) in [6.45, 7) is 2.34. The van der Waals surface area contributed by atoms with Crippen LogP contribution in [0.3, 0.4) is 0 Å². The monoisotopic (exact) mass is 355 g/mol. The third kappa shape index (κ3) is 4.79. The molecule has 1 saturated heterocycles. The SMILES string of the molecule is OCC1CCCN(Cc2nc(Cc3cccc(C(F)(F)F)c3)no2)C1. The number of aliphatic hydroxyl groups is 1. The van der Waals surface area contributed by atoms with Gasteiger partial charge >= 0.3 is 6.18 Å². The Labute approximate surface area is 143 Å². The highest BCUT2D eigenvalue weighted by atomic mass is 19.4. The third-order valence-corrected chi connectivity index (χ3v) is 4.35. The van der Waals surface area contributed by atoms with Crippen molar-refractivity contribution in [2.75, 3.05) is 19.7 Å². The minimum absolute atomic E-state index is 0.168. The first-order valence-corrected chi connectivity index (χ1v) is 8.25. The second-order valence-corrected chi connectivity index (χ2v) is 6.41. The average molecular weight is 355 g/mol. The van der Waals surface area contributed by atoms with E-state index in [2.05, 4.69) is 15.0 Å². The summed E-state index contributed by atoms with van der Waals surface area (Å²) >= 11 is 0. The molecule has 0 radical (unpaired) electrons. The summed E-state index contributed by atoms with van der Waals surface area (Å²) in [6.07, 6.45) is -2.16. The Hall–Kier alpha value is -1.93. The Morgan fingerprint density at radius 1 is 1.32 bits per heavy atom. The second-order valence-electron chi connectivity index (χ2n) is 6.41. The lowest BCUT2D eigenvalue weighted by atomic mass is 9.99. The maximum absolute atomic E-state index is 12.8. The van der Waals surface area contributed by atoms with Gasteiger partial charge < -0.3 is 9.63 Å². The standard InChI is InChI=1S/C17H20F3N3O2/c18-17(19,20)14-5-1-3-12(7-14)8-15-21-16(25-22-15)10-23-6-2-4-13(9-23)11-24/h1,3,5,7,13,24H,2,4,6,8-11H2. The third-order valence-electron chi connectivity index (χ3n) is 4.35. The lowest BCUT2D eigenvalue weighted by Gasteiger charge is -2.30. The minimum atomic E-state index is -4.37. The lowest BCUT2D eigenvalue weighted by Crippen LogP contribution is -2.36. The maximum atomic E-state index is 12.8. The number of benzene rings is 1. The Morgan fingerprint density at radius 2 is 2.16 bits per heavy atom. The van der Waals surface area contributed by atoms with Crippen LogP contribution >= 0.6 is 0 Å². The molecule has 136 valence electrons. The molecule has 5 nitrogen and oxygen atoms in total. The van der Waals surface area contributed by atoms with Crippen LogP contribution in [0.25, 0.3) is 0 Å². The van der Waals surface area contributed by atoms with Crippen LogP contribution in [-0.2, 0) is 19.1 Å². The van der Waals surface area contributed by atoms with Crippen molar-refractivity contribution < 1.29 is 22.8 Å². The first kappa shape index (κ1) is 17.9. The van der Waals surface area contributed by atoms with E-state index in [4.69, 9.17) is 4.52 Å². The van der Waals surface area contributed by atoms with E-state index in [9.17, 15) is 18.3 Å². The van der Waals surface area contributed by atoms with Gasteiger partial charge in [0.15, 0.2) is 5.82 Å². The number of nitrogens with zero attached hydrogens (tertiary/aromatic N) is 3. The van der Waals surface area contributed by atoms with Crippen molar-refractivity contribution in [3.63, 3.8) is 0 Å². The van der Waals surface area contributed by atoms with Gasteiger partial charge in [-0.15, -0.1) is 0 Å². The van der Waals surface area contributed by atoms with Crippen molar-refractivity contribution in [1.29, 1.82) is 0 Å². The van der Waals surface area contributed by atoms with Crippen LogP contribution in [0.5, 0.6) is 0 Å². The second kappa shape index (κ2) is 7.53. The van der Waals surface area contributed by atoms with Crippen LogP contribution in [0.1, 0.15) is 35.7 Å². The van der Waals surface area contributed by atoms with Gasteiger partial charge in [-0.3, -0.25) is 4.90 Å². The highest BCUT2D eigenvalue weighted by molar-refractivity contribution is 5.27. The highest BCUT2D eigenvalue weighted by Crippen LogP contribution is 2.29. The number of rotatable bonds is 5. The molecule has 0 bridgehead atoms. The minimum Gasteiger partial charge on any atom is -0.396 e. The molecule has 0 spiro atoms. The van der Waals surface area contributed by atoms with Crippen molar-refractivity contribution in [1.82, 2.24) is 15.0 Å². The molecule has 1 aromatic heterocycles. The molecule has 3 rings (SSSR count). The van der Waals surface area contributed by atoms with Gasteiger partial charge in [0.2, 0.25) is 5.89 Å². The van der Waals surface area contributed by atoms with Crippen LogP contribution in [0.2, 0.25) is 0 Å². The summed E-state index contributed by atoms with van der Waals surface area (Å²) in [4.78, 5) is 6.42. The fourth-order valence-corrected chi connectivity index (χ4v) is 3.10. The van der Waals surface area contributed by atoms with E-state index in [0.717, 1.165) is 38.1 Å². The average Bonchev–Trinajstić information content (AvgIpc) is 3.01. The molecule has 1 fully saturated rings. The molecule has 1 aromatic carbocycles. The number of hydrogen-bond acceptors (Lipinski definition) is 5. The fraction of sp³-hybridized carbons (Fsp3) is 0.529. The quantitative estimate of drug-likeness (QED) is 0.894. The number of piperidine rings is 1.